The number of hydrogen-bond acceptors (Lipinski definition) is 3. The second-order valence-corrected chi connectivity index (χ2v) is 5.35. The molecule has 2 aliphatic heterocycles. The molecule has 0 spiro atoms. The summed E-state index contributed by atoms with van der Waals surface area (Å²) in [5, 5.41) is 0. The highest BCUT2D eigenvalue weighted by atomic mass is 16.5. The van der Waals surface area contributed by atoms with E-state index in [2.05, 4.69) is 11.5 Å². The molecule has 17 heavy (non-hydrogen) atoms. The van der Waals surface area contributed by atoms with E-state index in [4.69, 9.17) is 15.5 Å². The fourth-order valence-corrected chi connectivity index (χ4v) is 3.06. The number of nitrogens with zero attached hydrogens (tertiary/aromatic N) is 2. The maximum atomic E-state index is 6.26. The van der Waals surface area contributed by atoms with Gasteiger partial charge in [-0.25, -0.2) is 4.98 Å². The van der Waals surface area contributed by atoms with Crippen LogP contribution in [0.1, 0.15) is 56.0 Å². The third-order valence-electron chi connectivity index (χ3n) is 4.07. The first kappa shape index (κ1) is 11.1. The molecule has 1 aromatic rings. The number of imidazole rings is 1. The van der Waals surface area contributed by atoms with Gasteiger partial charge in [0.05, 0.1) is 12.3 Å². The Morgan fingerprint density at radius 2 is 2.24 bits per heavy atom. The summed E-state index contributed by atoms with van der Waals surface area (Å²) in [7, 11) is 0. The molecule has 1 saturated heterocycles. The molecule has 0 amide bonds. The molecule has 1 aromatic heterocycles. The van der Waals surface area contributed by atoms with Crippen LogP contribution >= 0.6 is 0 Å². The Bertz CT molecular complexity index is 407. The normalized spacial score (nSPS) is 29.0. The largest absolute Gasteiger partial charge is 0.384 e. The molecule has 3 rings (SSSR count). The van der Waals surface area contributed by atoms with E-state index in [1.807, 2.05) is 0 Å². The number of rotatable bonds is 1. The van der Waals surface area contributed by atoms with Crippen molar-refractivity contribution in [3.05, 3.63) is 11.5 Å². The van der Waals surface area contributed by atoms with Crippen molar-refractivity contribution in [2.75, 3.05) is 18.9 Å². The van der Waals surface area contributed by atoms with E-state index in [1.165, 1.54) is 18.7 Å². The van der Waals surface area contributed by atoms with Gasteiger partial charge in [-0.1, -0.05) is 6.92 Å². The van der Waals surface area contributed by atoms with Crippen molar-refractivity contribution in [3.63, 3.8) is 0 Å². The summed E-state index contributed by atoms with van der Waals surface area (Å²) in [5.41, 5.74) is 7.35. The molecule has 1 fully saturated rings. The monoisotopic (exact) mass is 235 g/mol. The molecule has 2 N–H and O–H groups in total. The van der Waals surface area contributed by atoms with Gasteiger partial charge in [-0.2, -0.15) is 0 Å². The van der Waals surface area contributed by atoms with Crippen LogP contribution in [-0.2, 0) is 11.3 Å². The predicted octanol–water partition coefficient (Wildman–Crippen LogP) is 2.26. The van der Waals surface area contributed by atoms with E-state index >= 15 is 0 Å². The van der Waals surface area contributed by atoms with E-state index in [0.717, 1.165) is 44.1 Å². The molecule has 0 aromatic carbocycles. The average Bonchev–Trinajstić information content (AvgIpc) is 2.70. The Hall–Kier alpha value is -1.03. The van der Waals surface area contributed by atoms with Crippen LogP contribution < -0.4 is 5.73 Å². The number of fused-ring (bicyclic) bond motifs is 1. The van der Waals surface area contributed by atoms with Crippen molar-refractivity contribution >= 4 is 5.82 Å². The Kier molecular flexibility index (Phi) is 2.82. The molecular weight excluding hydrogens is 214 g/mol. The molecule has 2 unspecified atom stereocenters. The number of nitrogen functional groups attached to an aromatic ring is 1. The highest BCUT2D eigenvalue weighted by Crippen LogP contribution is 2.35. The molecule has 94 valence electrons. The Morgan fingerprint density at radius 3 is 2.94 bits per heavy atom. The minimum absolute atomic E-state index is 0.411. The number of aromatic nitrogens is 2. The van der Waals surface area contributed by atoms with E-state index in [1.54, 1.807) is 0 Å². The maximum Gasteiger partial charge on any atom is 0.127 e. The molecule has 3 heterocycles. The van der Waals surface area contributed by atoms with Crippen LogP contribution in [0.5, 0.6) is 0 Å². The number of hydrogen-bond donors (Lipinski definition) is 1. The van der Waals surface area contributed by atoms with Gasteiger partial charge >= 0.3 is 0 Å². The van der Waals surface area contributed by atoms with Crippen molar-refractivity contribution in [1.29, 1.82) is 0 Å². The fraction of sp³-hybridized carbons (Fsp3) is 0.769. The van der Waals surface area contributed by atoms with E-state index < -0.39 is 0 Å². The summed E-state index contributed by atoms with van der Waals surface area (Å²) in [6, 6.07) is 0. The number of anilines is 1. The lowest BCUT2D eigenvalue weighted by Gasteiger charge is -2.21. The third-order valence-corrected chi connectivity index (χ3v) is 4.07. The molecule has 0 saturated carbocycles. The maximum absolute atomic E-state index is 6.26. The van der Waals surface area contributed by atoms with Crippen molar-refractivity contribution in [1.82, 2.24) is 9.55 Å². The lowest BCUT2D eigenvalue weighted by molar-refractivity contribution is 0.0796. The number of nitrogens with two attached hydrogens (primary N) is 1. The zero-order valence-corrected chi connectivity index (χ0v) is 10.5. The van der Waals surface area contributed by atoms with Crippen LogP contribution in [0.25, 0.3) is 0 Å². The number of ether oxygens (including phenoxy) is 1. The molecule has 4 heteroatoms. The van der Waals surface area contributed by atoms with Crippen LogP contribution in [0, 0.1) is 0 Å². The van der Waals surface area contributed by atoms with E-state index in [-0.39, 0.29) is 0 Å². The minimum Gasteiger partial charge on any atom is -0.384 e. The standard InChI is InChI=1S/C13H21N3O/c1-9-4-2-6-16-12(14)11(15-13(9)16)10-5-3-7-17-8-10/h9-10H,2-8,14H2,1H3. The van der Waals surface area contributed by atoms with Crippen LogP contribution in [0.15, 0.2) is 0 Å². The van der Waals surface area contributed by atoms with E-state index in [0.29, 0.717) is 11.8 Å². The van der Waals surface area contributed by atoms with Crippen LogP contribution in [0.3, 0.4) is 0 Å². The zero-order chi connectivity index (χ0) is 11.8. The first-order valence-electron chi connectivity index (χ1n) is 6.71. The Balaban J connectivity index is 1.94. The summed E-state index contributed by atoms with van der Waals surface area (Å²) in [5.74, 6) is 3.04. The summed E-state index contributed by atoms with van der Waals surface area (Å²) < 4.78 is 7.77. The lowest BCUT2D eigenvalue weighted by atomic mass is 9.98. The summed E-state index contributed by atoms with van der Waals surface area (Å²) in [4.78, 5) is 4.81. The molecule has 0 bridgehead atoms. The minimum atomic E-state index is 0.411. The van der Waals surface area contributed by atoms with Gasteiger partial charge in [-0.3, -0.25) is 0 Å². The van der Waals surface area contributed by atoms with Gasteiger partial charge < -0.3 is 15.0 Å². The van der Waals surface area contributed by atoms with Gasteiger partial charge in [0.25, 0.3) is 0 Å². The van der Waals surface area contributed by atoms with Crippen molar-refractivity contribution in [3.8, 4) is 0 Å². The highest BCUT2D eigenvalue weighted by Gasteiger charge is 2.27. The fourth-order valence-electron chi connectivity index (χ4n) is 3.06. The van der Waals surface area contributed by atoms with E-state index in [9.17, 15) is 0 Å². The third kappa shape index (κ3) is 1.84. The zero-order valence-electron chi connectivity index (χ0n) is 10.5. The van der Waals surface area contributed by atoms with Crippen molar-refractivity contribution < 1.29 is 4.74 Å². The van der Waals surface area contributed by atoms with Crippen molar-refractivity contribution in [2.24, 2.45) is 0 Å². The Labute approximate surface area is 102 Å². The quantitative estimate of drug-likeness (QED) is 0.812. The summed E-state index contributed by atoms with van der Waals surface area (Å²) in [6.07, 6.45) is 4.74. The van der Waals surface area contributed by atoms with Gasteiger partial charge in [0.1, 0.15) is 11.6 Å². The topological polar surface area (TPSA) is 53.1 Å². The van der Waals surface area contributed by atoms with Crippen LogP contribution in [0.4, 0.5) is 5.82 Å². The molecule has 4 nitrogen and oxygen atoms in total. The second kappa shape index (κ2) is 4.33. The van der Waals surface area contributed by atoms with Crippen molar-refractivity contribution in [2.45, 2.75) is 51.0 Å². The molecule has 0 aliphatic carbocycles. The molecule has 2 atom stereocenters. The molecule has 2 aliphatic rings. The van der Waals surface area contributed by atoms with Gasteiger partial charge in [0.15, 0.2) is 0 Å². The van der Waals surface area contributed by atoms with Crippen LogP contribution in [0.2, 0.25) is 0 Å². The average molecular weight is 235 g/mol. The second-order valence-electron chi connectivity index (χ2n) is 5.35. The SMILES string of the molecule is CC1CCCn2c1nc(C1CCCOC1)c2N. The first-order valence-corrected chi connectivity index (χ1v) is 6.71. The predicted molar refractivity (Wildman–Crippen MR) is 67.1 cm³/mol. The summed E-state index contributed by atoms with van der Waals surface area (Å²) >= 11 is 0. The van der Waals surface area contributed by atoms with Gasteiger partial charge in [0.2, 0.25) is 0 Å². The van der Waals surface area contributed by atoms with Gasteiger partial charge in [0, 0.05) is 25.0 Å². The smallest absolute Gasteiger partial charge is 0.127 e. The highest BCUT2D eigenvalue weighted by molar-refractivity contribution is 5.42. The van der Waals surface area contributed by atoms with Gasteiger partial charge in [-0.15, -0.1) is 0 Å². The first-order chi connectivity index (χ1) is 8.27. The molecular formula is C13H21N3O. The lowest BCUT2D eigenvalue weighted by Crippen LogP contribution is -2.17. The van der Waals surface area contributed by atoms with Gasteiger partial charge in [-0.05, 0) is 25.7 Å². The Morgan fingerprint density at radius 1 is 1.35 bits per heavy atom. The van der Waals surface area contributed by atoms with Crippen LogP contribution in [-0.4, -0.2) is 22.8 Å². The summed E-state index contributed by atoms with van der Waals surface area (Å²) in [6.45, 7) is 4.96. The molecule has 0 radical (unpaired) electrons.